The molecule has 0 aromatic carbocycles. The lowest BCUT2D eigenvalue weighted by Crippen LogP contribution is -2.57. The first-order valence-electron chi connectivity index (χ1n) is 9.94. The third-order valence-electron chi connectivity index (χ3n) is 5.06. The number of amides is 1. The van der Waals surface area contributed by atoms with Gasteiger partial charge < -0.3 is 24.8 Å². The zero-order chi connectivity index (χ0) is 22.9. The molecule has 0 unspecified atom stereocenters. The van der Waals surface area contributed by atoms with Crippen molar-refractivity contribution in [3.63, 3.8) is 0 Å². The second-order valence-corrected chi connectivity index (χ2v) is 7.93. The molecule has 2 aliphatic heterocycles. The second kappa shape index (κ2) is 8.60. The predicted molar refractivity (Wildman–Crippen MR) is 105 cm³/mol. The van der Waals surface area contributed by atoms with E-state index in [4.69, 9.17) is 14.2 Å². The van der Waals surface area contributed by atoms with Crippen molar-refractivity contribution in [2.45, 2.75) is 50.2 Å². The first-order chi connectivity index (χ1) is 15.1. The van der Waals surface area contributed by atoms with Gasteiger partial charge in [0.25, 0.3) is 5.91 Å². The van der Waals surface area contributed by atoms with E-state index in [2.05, 4.69) is 25.6 Å². The van der Waals surface area contributed by atoms with Gasteiger partial charge in [-0.1, -0.05) is 0 Å². The Hall–Kier alpha value is -2.83. The minimum Gasteiger partial charge on any atom is -0.371 e. The Labute approximate surface area is 181 Å². The summed E-state index contributed by atoms with van der Waals surface area (Å²) in [6, 6.07) is 2.76. The molecule has 0 spiro atoms. The van der Waals surface area contributed by atoms with Crippen LogP contribution in [0.1, 0.15) is 29.9 Å². The number of carbonyl (C=O) groups is 1. The van der Waals surface area contributed by atoms with E-state index in [9.17, 15) is 18.0 Å². The lowest BCUT2D eigenvalue weighted by atomic mass is 9.98. The van der Waals surface area contributed by atoms with Crippen molar-refractivity contribution < 1.29 is 32.2 Å². The monoisotopic (exact) mass is 453 g/mol. The van der Waals surface area contributed by atoms with Gasteiger partial charge in [-0.15, -0.1) is 0 Å². The van der Waals surface area contributed by atoms with Crippen LogP contribution in [0.15, 0.2) is 36.9 Å². The summed E-state index contributed by atoms with van der Waals surface area (Å²) in [5.41, 5.74) is -0.692. The van der Waals surface area contributed by atoms with Crippen molar-refractivity contribution in [3.8, 4) is 0 Å². The zero-order valence-corrected chi connectivity index (χ0v) is 17.3. The van der Waals surface area contributed by atoms with Gasteiger partial charge in [-0.05, 0) is 26.0 Å². The van der Waals surface area contributed by atoms with Crippen LogP contribution < -0.4 is 10.6 Å². The molecule has 0 bridgehead atoms. The number of anilines is 1. The number of alkyl halides is 3. The minimum absolute atomic E-state index is 0.0520. The lowest BCUT2D eigenvalue weighted by molar-refractivity contribution is -0.153. The molecule has 4 atom stereocenters. The van der Waals surface area contributed by atoms with Crippen LogP contribution >= 0.6 is 0 Å². The minimum atomic E-state index is -4.61. The number of hydrogen-bond acceptors (Lipinski definition) is 8. The Morgan fingerprint density at radius 1 is 1.19 bits per heavy atom. The van der Waals surface area contributed by atoms with Gasteiger partial charge in [-0.25, -0.2) is 4.98 Å². The topological polar surface area (TPSA) is 107 Å². The molecule has 0 aliphatic carbocycles. The summed E-state index contributed by atoms with van der Waals surface area (Å²) in [5, 5.41) is 5.70. The van der Waals surface area contributed by atoms with Gasteiger partial charge in [0, 0.05) is 18.9 Å². The summed E-state index contributed by atoms with van der Waals surface area (Å²) in [7, 11) is 0. The number of halogens is 3. The number of nitrogens with one attached hydrogen (secondary N) is 2. The van der Waals surface area contributed by atoms with E-state index in [1.165, 1.54) is 12.4 Å². The van der Waals surface area contributed by atoms with Crippen LogP contribution in [0.4, 0.5) is 19.0 Å². The molecule has 9 nitrogen and oxygen atoms in total. The predicted octanol–water partition coefficient (Wildman–Crippen LogP) is 2.02. The SMILES string of the molecule is CC1(C)O[C@@H]2[C@H](O1)[C@@H](Nc1cncc(C(F)(F)F)n1)CO[C@@H]2CNC(=O)c1cccnc1. The Morgan fingerprint density at radius 2 is 1.97 bits per heavy atom. The second-order valence-electron chi connectivity index (χ2n) is 7.93. The molecule has 0 radical (unpaired) electrons. The van der Waals surface area contributed by atoms with Crippen molar-refractivity contribution in [1.29, 1.82) is 0 Å². The Morgan fingerprint density at radius 3 is 2.69 bits per heavy atom. The average molecular weight is 453 g/mol. The lowest BCUT2D eigenvalue weighted by Gasteiger charge is -2.37. The highest BCUT2D eigenvalue weighted by Gasteiger charge is 2.52. The molecule has 32 heavy (non-hydrogen) atoms. The quantitative estimate of drug-likeness (QED) is 0.708. The molecule has 2 saturated heterocycles. The Bertz CT molecular complexity index is 960. The van der Waals surface area contributed by atoms with Gasteiger partial charge in [-0.2, -0.15) is 13.2 Å². The van der Waals surface area contributed by atoms with E-state index in [0.717, 1.165) is 0 Å². The number of hydrogen-bond donors (Lipinski definition) is 2. The molecule has 172 valence electrons. The zero-order valence-electron chi connectivity index (χ0n) is 17.3. The van der Waals surface area contributed by atoms with Gasteiger partial charge in [0.15, 0.2) is 11.5 Å². The summed E-state index contributed by atoms with van der Waals surface area (Å²) in [6.07, 6.45) is -1.36. The van der Waals surface area contributed by atoms with E-state index in [1.54, 1.807) is 32.2 Å². The summed E-state index contributed by atoms with van der Waals surface area (Å²) in [4.78, 5) is 23.4. The van der Waals surface area contributed by atoms with Crippen LogP contribution in [0.3, 0.4) is 0 Å². The van der Waals surface area contributed by atoms with Gasteiger partial charge in [0.1, 0.15) is 24.1 Å². The van der Waals surface area contributed by atoms with Gasteiger partial charge in [0.05, 0.1) is 30.6 Å². The standard InChI is InChI=1S/C20H22F3N5O4/c1-19(2)31-16-12(27-15-9-25-8-14(28-15)20(21,22)23)10-30-13(17(16)32-19)7-26-18(29)11-4-3-5-24-6-11/h3-6,8-9,12-13,16-17H,7,10H2,1-2H3,(H,26,29)(H,27,28)/t12-,13+,16+,17-/m0/s1. The number of pyridine rings is 1. The van der Waals surface area contributed by atoms with Crippen molar-refractivity contribution in [1.82, 2.24) is 20.3 Å². The molecule has 0 saturated carbocycles. The maximum atomic E-state index is 12.9. The van der Waals surface area contributed by atoms with E-state index in [1.807, 2.05) is 0 Å². The summed E-state index contributed by atoms with van der Waals surface area (Å²) >= 11 is 0. The van der Waals surface area contributed by atoms with Crippen molar-refractivity contribution in [2.24, 2.45) is 0 Å². The number of rotatable bonds is 5. The highest BCUT2D eigenvalue weighted by Crippen LogP contribution is 2.36. The highest BCUT2D eigenvalue weighted by molar-refractivity contribution is 5.93. The van der Waals surface area contributed by atoms with Crippen molar-refractivity contribution in [3.05, 3.63) is 48.2 Å². The number of carbonyl (C=O) groups excluding carboxylic acids is 1. The maximum Gasteiger partial charge on any atom is 0.434 e. The summed E-state index contributed by atoms with van der Waals surface area (Å²) in [6.45, 7) is 3.73. The van der Waals surface area contributed by atoms with Gasteiger partial charge in [-0.3, -0.25) is 14.8 Å². The Balaban J connectivity index is 1.44. The molecular formula is C20H22F3N5O4. The number of fused-ring (bicyclic) bond motifs is 1. The normalized spacial score (nSPS) is 26.9. The van der Waals surface area contributed by atoms with Gasteiger partial charge >= 0.3 is 6.18 Å². The smallest absolute Gasteiger partial charge is 0.371 e. The molecule has 2 aromatic heterocycles. The molecule has 2 fully saturated rings. The van der Waals surface area contributed by atoms with Crippen LogP contribution in [-0.4, -0.2) is 64.2 Å². The molecule has 2 N–H and O–H groups in total. The maximum absolute atomic E-state index is 12.9. The van der Waals surface area contributed by atoms with Crippen LogP contribution in [0.2, 0.25) is 0 Å². The fraction of sp³-hybridized carbons (Fsp3) is 0.500. The van der Waals surface area contributed by atoms with Crippen LogP contribution in [0.5, 0.6) is 0 Å². The summed E-state index contributed by atoms with van der Waals surface area (Å²) in [5.74, 6) is -1.30. The largest absolute Gasteiger partial charge is 0.434 e. The summed E-state index contributed by atoms with van der Waals surface area (Å²) < 4.78 is 56.7. The van der Waals surface area contributed by atoms with E-state index in [-0.39, 0.29) is 24.9 Å². The molecule has 4 heterocycles. The molecule has 2 aliphatic rings. The third kappa shape index (κ3) is 4.97. The number of aromatic nitrogens is 3. The first kappa shape index (κ1) is 22.4. The number of ether oxygens (including phenoxy) is 3. The third-order valence-corrected chi connectivity index (χ3v) is 5.06. The fourth-order valence-corrected chi connectivity index (χ4v) is 3.69. The van der Waals surface area contributed by atoms with E-state index in [0.29, 0.717) is 11.8 Å². The fourth-order valence-electron chi connectivity index (χ4n) is 3.69. The van der Waals surface area contributed by atoms with Gasteiger partial charge in [0.2, 0.25) is 0 Å². The average Bonchev–Trinajstić information content (AvgIpc) is 3.09. The first-order valence-corrected chi connectivity index (χ1v) is 9.94. The van der Waals surface area contributed by atoms with E-state index < -0.39 is 42.0 Å². The molecule has 4 rings (SSSR count). The van der Waals surface area contributed by atoms with Crippen molar-refractivity contribution >= 4 is 11.7 Å². The Kier molecular flexibility index (Phi) is 6.01. The number of nitrogens with zero attached hydrogens (tertiary/aromatic N) is 3. The molecule has 1 amide bonds. The van der Waals surface area contributed by atoms with Crippen LogP contribution in [-0.2, 0) is 20.4 Å². The van der Waals surface area contributed by atoms with Crippen molar-refractivity contribution in [2.75, 3.05) is 18.5 Å². The van der Waals surface area contributed by atoms with Crippen LogP contribution in [0, 0.1) is 0 Å². The highest BCUT2D eigenvalue weighted by atomic mass is 19.4. The molecular weight excluding hydrogens is 431 g/mol. The van der Waals surface area contributed by atoms with E-state index >= 15 is 0 Å². The molecule has 2 aromatic rings. The van der Waals surface area contributed by atoms with Crippen LogP contribution in [0.25, 0.3) is 0 Å². The molecule has 12 heteroatoms.